The van der Waals surface area contributed by atoms with Gasteiger partial charge in [-0.3, -0.25) is 9.59 Å². The molecule has 1 N–H and O–H groups in total. The van der Waals surface area contributed by atoms with E-state index < -0.39 is 0 Å². The zero-order valence-corrected chi connectivity index (χ0v) is 13.1. The Balaban J connectivity index is 2.02. The minimum Gasteiger partial charge on any atom is -0.342 e. The van der Waals surface area contributed by atoms with Gasteiger partial charge in [0.05, 0.1) is 0 Å². The van der Waals surface area contributed by atoms with Crippen LogP contribution in [-0.4, -0.2) is 43.3 Å². The number of Topliss-reactive ketones (excluding diaryl/α,β-unsaturated/α-hetero) is 1. The molecule has 1 heterocycles. The van der Waals surface area contributed by atoms with E-state index in [9.17, 15) is 14.0 Å². The number of carbonyl (C=O) groups is 2. The van der Waals surface area contributed by atoms with Gasteiger partial charge in [0.15, 0.2) is 5.78 Å². The molecule has 0 spiro atoms. The molecule has 1 amide bonds. The maximum Gasteiger partial charge on any atom is 0.226 e. The maximum absolute atomic E-state index is 13.0. The number of hydrogen-bond acceptors (Lipinski definition) is 3. The fraction of sp³-hybridized carbons (Fsp3) is 0.529. The van der Waals surface area contributed by atoms with Crippen LogP contribution in [0, 0.1) is 17.7 Å². The maximum atomic E-state index is 13.0. The van der Waals surface area contributed by atoms with E-state index in [1.54, 1.807) is 4.90 Å². The molecule has 1 aromatic rings. The largest absolute Gasteiger partial charge is 0.342 e. The minimum atomic E-state index is -0.349. The van der Waals surface area contributed by atoms with Crippen molar-refractivity contribution in [1.82, 2.24) is 10.2 Å². The second-order valence-corrected chi connectivity index (χ2v) is 5.95. The summed E-state index contributed by atoms with van der Waals surface area (Å²) in [6.07, 6.45) is 1.61. The molecule has 0 radical (unpaired) electrons. The molecule has 120 valence electrons. The van der Waals surface area contributed by atoms with E-state index in [1.807, 2.05) is 14.0 Å². The molecule has 1 aliphatic heterocycles. The summed E-state index contributed by atoms with van der Waals surface area (Å²) in [5, 5.41) is 3.00. The summed E-state index contributed by atoms with van der Waals surface area (Å²) in [5.41, 5.74) is 0.518. The molecule has 0 aliphatic carbocycles. The van der Waals surface area contributed by atoms with Crippen molar-refractivity contribution < 1.29 is 14.0 Å². The molecule has 1 aliphatic rings. The Morgan fingerprint density at radius 2 is 2.05 bits per heavy atom. The Bertz CT molecular complexity index is 530. The van der Waals surface area contributed by atoms with Crippen LogP contribution in [0.4, 0.5) is 4.39 Å². The van der Waals surface area contributed by atoms with Crippen LogP contribution < -0.4 is 5.32 Å². The number of carbonyl (C=O) groups excluding carboxylic acids is 2. The van der Waals surface area contributed by atoms with Gasteiger partial charge in [-0.25, -0.2) is 4.39 Å². The molecule has 1 saturated heterocycles. The Kier molecular flexibility index (Phi) is 5.66. The highest BCUT2D eigenvalue weighted by molar-refractivity contribution is 5.98. The van der Waals surface area contributed by atoms with Crippen LogP contribution in [0.1, 0.15) is 30.1 Å². The molecule has 2 unspecified atom stereocenters. The van der Waals surface area contributed by atoms with Crippen molar-refractivity contribution in [2.75, 3.05) is 26.7 Å². The van der Waals surface area contributed by atoms with Crippen LogP contribution in [0.15, 0.2) is 24.3 Å². The van der Waals surface area contributed by atoms with Crippen LogP contribution in [-0.2, 0) is 4.79 Å². The van der Waals surface area contributed by atoms with Crippen molar-refractivity contribution in [3.05, 3.63) is 35.6 Å². The molecular formula is C17H23FN2O2. The van der Waals surface area contributed by atoms with Gasteiger partial charge in [0.2, 0.25) is 5.91 Å². The van der Waals surface area contributed by atoms with Crippen molar-refractivity contribution in [3.8, 4) is 0 Å². The monoisotopic (exact) mass is 306 g/mol. The van der Waals surface area contributed by atoms with Crippen LogP contribution >= 0.6 is 0 Å². The second-order valence-electron chi connectivity index (χ2n) is 5.95. The Labute approximate surface area is 130 Å². The van der Waals surface area contributed by atoms with Crippen LogP contribution in [0.25, 0.3) is 0 Å². The van der Waals surface area contributed by atoms with Crippen molar-refractivity contribution >= 4 is 11.7 Å². The standard InChI is InChI=1S/C17H23FN2O2/c1-12(10-19-2)17(22)20-9-3-4-14(11-20)16(21)13-5-7-15(18)8-6-13/h5-8,12,14,19H,3-4,9-11H2,1-2H3. The Morgan fingerprint density at radius 1 is 1.36 bits per heavy atom. The number of hydrogen-bond donors (Lipinski definition) is 1. The highest BCUT2D eigenvalue weighted by Crippen LogP contribution is 2.22. The van der Waals surface area contributed by atoms with Gasteiger partial charge in [-0.05, 0) is 44.2 Å². The van der Waals surface area contributed by atoms with Gasteiger partial charge >= 0.3 is 0 Å². The van der Waals surface area contributed by atoms with Crippen molar-refractivity contribution in [2.24, 2.45) is 11.8 Å². The normalized spacial score (nSPS) is 19.8. The zero-order valence-electron chi connectivity index (χ0n) is 13.1. The first-order valence-corrected chi connectivity index (χ1v) is 7.76. The van der Waals surface area contributed by atoms with Crippen molar-refractivity contribution in [3.63, 3.8) is 0 Å². The third kappa shape index (κ3) is 3.91. The number of halogens is 1. The lowest BCUT2D eigenvalue weighted by atomic mass is 9.89. The first-order chi connectivity index (χ1) is 10.5. The quantitative estimate of drug-likeness (QED) is 0.848. The third-order valence-electron chi connectivity index (χ3n) is 4.16. The Morgan fingerprint density at radius 3 is 2.68 bits per heavy atom. The smallest absolute Gasteiger partial charge is 0.226 e. The minimum absolute atomic E-state index is 0.00114. The van der Waals surface area contributed by atoms with E-state index in [-0.39, 0.29) is 29.3 Å². The molecular weight excluding hydrogens is 283 g/mol. The number of amides is 1. The summed E-state index contributed by atoms with van der Waals surface area (Å²) in [4.78, 5) is 26.7. The predicted octanol–water partition coefficient (Wildman–Crippen LogP) is 2.10. The molecule has 0 aromatic heterocycles. The molecule has 2 rings (SSSR count). The summed E-state index contributed by atoms with van der Waals surface area (Å²) in [6, 6.07) is 5.63. The van der Waals surface area contributed by atoms with Gasteiger partial charge in [0.1, 0.15) is 5.82 Å². The molecule has 1 fully saturated rings. The van der Waals surface area contributed by atoms with E-state index in [0.29, 0.717) is 25.2 Å². The van der Waals surface area contributed by atoms with Gasteiger partial charge in [-0.2, -0.15) is 0 Å². The SMILES string of the molecule is CNCC(C)C(=O)N1CCCC(C(=O)c2ccc(F)cc2)C1. The second kappa shape index (κ2) is 7.49. The van der Waals surface area contributed by atoms with Gasteiger partial charge in [-0.15, -0.1) is 0 Å². The number of nitrogens with zero attached hydrogens (tertiary/aromatic N) is 1. The molecule has 5 heteroatoms. The average Bonchev–Trinajstić information content (AvgIpc) is 2.54. The van der Waals surface area contributed by atoms with E-state index in [2.05, 4.69) is 5.32 Å². The average molecular weight is 306 g/mol. The van der Waals surface area contributed by atoms with E-state index >= 15 is 0 Å². The molecule has 22 heavy (non-hydrogen) atoms. The van der Waals surface area contributed by atoms with E-state index in [1.165, 1.54) is 24.3 Å². The summed E-state index contributed by atoms with van der Waals surface area (Å²) in [5.74, 6) is -0.544. The van der Waals surface area contributed by atoms with Crippen LogP contribution in [0.3, 0.4) is 0 Å². The topological polar surface area (TPSA) is 49.4 Å². The lowest BCUT2D eigenvalue weighted by Crippen LogP contribution is -2.45. The van der Waals surface area contributed by atoms with Crippen molar-refractivity contribution in [1.29, 1.82) is 0 Å². The number of nitrogens with one attached hydrogen (secondary N) is 1. The first-order valence-electron chi connectivity index (χ1n) is 7.76. The molecule has 0 bridgehead atoms. The van der Waals surface area contributed by atoms with Crippen LogP contribution in [0.2, 0.25) is 0 Å². The first kappa shape index (κ1) is 16.6. The summed E-state index contributed by atoms with van der Waals surface area (Å²) >= 11 is 0. The van der Waals surface area contributed by atoms with Gasteiger partial charge in [0, 0.05) is 37.0 Å². The number of likely N-dealkylation sites (tertiary alicyclic amines) is 1. The number of rotatable bonds is 5. The van der Waals surface area contributed by atoms with Gasteiger partial charge in [0.25, 0.3) is 0 Å². The lowest BCUT2D eigenvalue weighted by Gasteiger charge is -2.33. The zero-order chi connectivity index (χ0) is 16.1. The molecule has 2 atom stereocenters. The highest BCUT2D eigenvalue weighted by atomic mass is 19.1. The fourth-order valence-corrected chi connectivity index (χ4v) is 2.95. The van der Waals surface area contributed by atoms with Crippen molar-refractivity contribution in [2.45, 2.75) is 19.8 Å². The van der Waals surface area contributed by atoms with Crippen LogP contribution in [0.5, 0.6) is 0 Å². The Hall–Kier alpha value is -1.75. The van der Waals surface area contributed by atoms with Gasteiger partial charge < -0.3 is 10.2 Å². The number of benzene rings is 1. The third-order valence-corrected chi connectivity index (χ3v) is 4.16. The van der Waals surface area contributed by atoms with E-state index in [4.69, 9.17) is 0 Å². The summed E-state index contributed by atoms with van der Waals surface area (Å²) in [6.45, 7) is 3.69. The molecule has 0 saturated carbocycles. The number of piperidine rings is 1. The predicted molar refractivity (Wildman–Crippen MR) is 83.1 cm³/mol. The number of ketones is 1. The summed E-state index contributed by atoms with van der Waals surface area (Å²) in [7, 11) is 1.82. The van der Waals surface area contributed by atoms with Gasteiger partial charge in [-0.1, -0.05) is 6.92 Å². The fourth-order valence-electron chi connectivity index (χ4n) is 2.95. The van der Waals surface area contributed by atoms with E-state index in [0.717, 1.165) is 12.8 Å². The molecule has 1 aromatic carbocycles. The highest BCUT2D eigenvalue weighted by Gasteiger charge is 2.30. The summed E-state index contributed by atoms with van der Waals surface area (Å²) < 4.78 is 13.0. The lowest BCUT2D eigenvalue weighted by molar-refractivity contribution is -0.136. The molecule has 4 nitrogen and oxygen atoms in total.